The smallest absolute Gasteiger partial charge is 0.164 e. The number of piperazine rings is 1. The zero-order valence-corrected chi connectivity index (χ0v) is 12.4. The van der Waals surface area contributed by atoms with Crippen LogP contribution in [-0.2, 0) is 0 Å². The van der Waals surface area contributed by atoms with Crippen molar-refractivity contribution in [1.82, 2.24) is 4.98 Å². The van der Waals surface area contributed by atoms with E-state index in [-0.39, 0.29) is 0 Å². The van der Waals surface area contributed by atoms with Gasteiger partial charge in [0.2, 0.25) is 0 Å². The summed E-state index contributed by atoms with van der Waals surface area (Å²) in [5, 5.41) is 0. The number of para-hydroxylation sites is 1. The van der Waals surface area contributed by atoms with Crippen molar-refractivity contribution < 1.29 is 10.6 Å². The lowest BCUT2D eigenvalue weighted by molar-refractivity contribution is -0.938. The van der Waals surface area contributed by atoms with E-state index < -0.39 is 0 Å². The van der Waals surface area contributed by atoms with Gasteiger partial charge >= 0.3 is 0 Å². The Hall–Kier alpha value is -1.91. The zero-order chi connectivity index (χ0) is 14.5. The monoisotopic (exact) mass is 284 g/mol. The number of rotatable bonds is 4. The Labute approximate surface area is 126 Å². The van der Waals surface area contributed by atoms with Gasteiger partial charge in [0.1, 0.15) is 6.54 Å². The first-order valence-corrected chi connectivity index (χ1v) is 7.72. The molecule has 1 aliphatic rings. The van der Waals surface area contributed by atoms with Crippen LogP contribution in [0.25, 0.3) is 0 Å². The van der Waals surface area contributed by atoms with E-state index in [1.54, 1.807) is 4.90 Å². The quantitative estimate of drug-likeness (QED) is 0.815. The molecule has 2 aromatic rings. The van der Waals surface area contributed by atoms with Crippen molar-refractivity contribution in [3.63, 3.8) is 0 Å². The van der Waals surface area contributed by atoms with Crippen molar-refractivity contribution in [2.75, 3.05) is 37.6 Å². The molecule has 1 aromatic carbocycles. The van der Waals surface area contributed by atoms with E-state index in [2.05, 4.69) is 52.0 Å². The van der Waals surface area contributed by atoms with Gasteiger partial charge in [-0.15, -0.1) is 0 Å². The van der Waals surface area contributed by atoms with Crippen molar-refractivity contribution >= 4 is 5.69 Å². The minimum absolute atomic E-state index is 0.469. The van der Waals surface area contributed by atoms with Crippen LogP contribution in [0, 0.1) is 0 Å². The number of anilines is 1. The molecule has 1 saturated heterocycles. The molecule has 1 aromatic heterocycles. The average molecular weight is 284 g/mol. The number of benzene rings is 1. The first kappa shape index (κ1) is 14.0. The average Bonchev–Trinajstić information content (AvgIpc) is 2.58. The molecule has 21 heavy (non-hydrogen) atoms. The summed E-state index contributed by atoms with van der Waals surface area (Å²) in [5.74, 6) is 0. The summed E-state index contributed by atoms with van der Waals surface area (Å²) in [6.07, 6.45) is 3.83. The molecule has 110 valence electrons. The molecule has 3 rings (SSSR count). The highest BCUT2D eigenvalue weighted by atomic mass is 15.3. The van der Waals surface area contributed by atoms with E-state index in [1.165, 1.54) is 11.3 Å². The number of hydrogen-bond acceptors (Lipinski definition) is 2. The number of aromatic nitrogens is 1. The van der Waals surface area contributed by atoms with Gasteiger partial charge in [-0.25, -0.2) is 0 Å². The van der Waals surface area contributed by atoms with Crippen LogP contribution >= 0.6 is 0 Å². The second-order valence-electron chi connectivity index (χ2n) is 5.61. The van der Waals surface area contributed by atoms with Gasteiger partial charge in [-0.3, -0.25) is 4.98 Å². The SMILES string of the molecule is [NH3+]C[C@H](c1cccnc1)[NH+]1CCN(c2ccccc2)CC1. The highest BCUT2D eigenvalue weighted by molar-refractivity contribution is 5.46. The van der Waals surface area contributed by atoms with Crippen molar-refractivity contribution in [3.8, 4) is 0 Å². The molecule has 0 radical (unpaired) electrons. The summed E-state index contributed by atoms with van der Waals surface area (Å²) in [6, 6.07) is 15.4. The first-order chi connectivity index (χ1) is 10.4. The number of quaternary nitrogens is 2. The lowest BCUT2D eigenvalue weighted by Gasteiger charge is -2.36. The Morgan fingerprint density at radius 2 is 1.86 bits per heavy atom. The molecular formula is C17H24N4+2. The molecule has 0 saturated carbocycles. The number of pyridine rings is 1. The topological polar surface area (TPSA) is 48.2 Å². The van der Waals surface area contributed by atoms with Crippen molar-refractivity contribution in [2.45, 2.75) is 6.04 Å². The van der Waals surface area contributed by atoms with Gasteiger partial charge in [0.05, 0.1) is 26.2 Å². The van der Waals surface area contributed by atoms with Gasteiger partial charge in [0.25, 0.3) is 0 Å². The van der Waals surface area contributed by atoms with Crippen LogP contribution in [0.5, 0.6) is 0 Å². The lowest BCUT2D eigenvalue weighted by atomic mass is 10.1. The molecule has 4 nitrogen and oxygen atoms in total. The van der Waals surface area contributed by atoms with E-state index in [4.69, 9.17) is 0 Å². The summed E-state index contributed by atoms with van der Waals surface area (Å²) in [7, 11) is 0. The molecule has 0 aliphatic carbocycles. The second-order valence-corrected chi connectivity index (χ2v) is 5.61. The largest absolute Gasteiger partial charge is 0.360 e. The summed E-state index contributed by atoms with van der Waals surface area (Å²) >= 11 is 0. The molecule has 0 spiro atoms. The molecule has 4 N–H and O–H groups in total. The normalized spacial score (nSPS) is 17.7. The minimum Gasteiger partial charge on any atom is -0.360 e. The number of hydrogen-bond donors (Lipinski definition) is 2. The van der Waals surface area contributed by atoms with Gasteiger partial charge in [0.15, 0.2) is 6.04 Å². The minimum atomic E-state index is 0.469. The van der Waals surface area contributed by atoms with Crippen molar-refractivity contribution in [2.24, 2.45) is 0 Å². The van der Waals surface area contributed by atoms with Crippen LogP contribution in [0.4, 0.5) is 5.69 Å². The Balaban J connectivity index is 1.65. The van der Waals surface area contributed by atoms with E-state index >= 15 is 0 Å². The summed E-state index contributed by atoms with van der Waals surface area (Å²) in [6.45, 7) is 5.45. The van der Waals surface area contributed by atoms with E-state index in [9.17, 15) is 0 Å². The van der Waals surface area contributed by atoms with Crippen LogP contribution in [0.3, 0.4) is 0 Å². The van der Waals surface area contributed by atoms with Crippen LogP contribution in [-0.4, -0.2) is 37.7 Å². The molecular weight excluding hydrogens is 260 g/mol. The maximum atomic E-state index is 4.26. The highest BCUT2D eigenvalue weighted by Gasteiger charge is 2.29. The van der Waals surface area contributed by atoms with Crippen LogP contribution in [0.2, 0.25) is 0 Å². The first-order valence-electron chi connectivity index (χ1n) is 7.72. The second kappa shape index (κ2) is 6.70. The van der Waals surface area contributed by atoms with Crippen LogP contribution in [0.15, 0.2) is 54.9 Å². The standard InChI is InChI=1S/C17H22N4/c18-13-17(15-5-4-8-19-14-15)21-11-9-20(10-12-21)16-6-2-1-3-7-16/h1-8,14,17H,9-13,18H2/p+2/t17-/m1/s1. The fourth-order valence-corrected chi connectivity index (χ4v) is 3.23. The Kier molecular flexibility index (Phi) is 4.48. The Morgan fingerprint density at radius 1 is 1.10 bits per heavy atom. The molecule has 0 unspecified atom stereocenters. The van der Waals surface area contributed by atoms with Gasteiger partial charge in [-0.05, 0) is 24.3 Å². The lowest BCUT2D eigenvalue weighted by Crippen LogP contribution is -3.16. The molecule has 1 atom stereocenters. The predicted molar refractivity (Wildman–Crippen MR) is 84.1 cm³/mol. The molecule has 2 heterocycles. The van der Waals surface area contributed by atoms with Crippen molar-refractivity contribution in [1.29, 1.82) is 0 Å². The van der Waals surface area contributed by atoms with Crippen molar-refractivity contribution in [3.05, 3.63) is 60.4 Å². The number of nitrogens with zero attached hydrogens (tertiary/aromatic N) is 2. The Morgan fingerprint density at radius 3 is 2.48 bits per heavy atom. The summed E-state index contributed by atoms with van der Waals surface area (Å²) in [5.41, 5.74) is 6.81. The van der Waals surface area contributed by atoms with E-state index in [1.807, 2.05) is 18.5 Å². The predicted octanol–water partition coefficient (Wildman–Crippen LogP) is -0.230. The molecule has 0 bridgehead atoms. The third-order valence-electron chi connectivity index (χ3n) is 4.40. The van der Waals surface area contributed by atoms with Crippen LogP contribution in [0.1, 0.15) is 11.6 Å². The molecule has 4 heteroatoms. The van der Waals surface area contributed by atoms with Gasteiger partial charge in [-0.2, -0.15) is 0 Å². The molecule has 0 amide bonds. The maximum Gasteiger partial charge on any atom is 0.164 e. The van der Waals surface area contributed by atoms with E-state index in [0.717, 1.165) is 32.7 Å². The number of nitrogens with one attached hydrogen (secondary N) is 1. The van der Waals surface area contributed by atoms with E-state index in [0.29, 0.717) is 6.04 Å². The summed E-state index contributed by atoms with van der Waals surface area (Å²) in [4.78, 5) is 8.37. The molecule has 1 fully saturated rings. The van der Waals surface area contributed by atoms with Gasteiger partial charge < -0.3 is 15.5 Å². The maximum absolute atomic E-state index is 4.26. The Bertz CT molecular complexity index is 535. The van der Waals surface area contributed by atoms with Gasteiger partial charge in [-0.1, -0.05) is 18.2 Å². The molecule has 1 aliphatic heterocycles. The highest BCUT2D eigenvalue weighted by Crippen LogP contribution is 2.13. The third kappa shape index (κ3) is 3.23. The van der Waals surface area contributed by atoms with Gasteiger partial charge in [0, 0.05) is 23.6 Å². The fraction of sp³-hybridized carbons (Fsp3) is 0.353. The third-order valence-corrected chi connectivity index (χ3v) is 4.40. The zero-order valence-electron chi connectivity index (χ0n) is 12.4. The fourth-order valence-electron chi connectivity index (χ4n) is 3.23. The van der Waals surface area contributed by atoms with Crippen LogP contribution < -0.4 is 15.5 Å². The summed E-state index contributed by atoms with van der Waals surface area (Å²) < 4.78 is 0.